The van der Waals surface area contributed by atoms with Gasteiger partial charge in [0.05, 0.1) is 11.9 Å². The van der Waals surface area contributed by atoms with Crippen LogP contribution in [0.3, 0.4) is 0 Å². The summed E-state index contributed by atoms with van der Waals surface area (Å²) in [6, 6.07) is 9.17. The van der Waals surface area contributed by atoms with Gasteiger partial charge in [-0.15, -0.1) is 0 Å². The quantitative estimate of drug-likeness (QED) is 0.882. The highest BCUT2D eigenvalue weighted by Crippen LogP contribution is 2.26. The first-order chi connectivity index (χ1) is 8.99. The molecule has 98 valence electrons. The molecule has 0 spiro atoms. The highest BCUT2D eigenvalue weighted by molar-refractivity contribution is 5.95. The molecule has 0 atom stereocenters. The van der Waals surface area contributed by atoms with Crippen molar-refractivity contribution in [2.75, 3.05) is 17.7 Å². The van der Waals surface area contributed by atoms with Crippen molar-refractivity contribution in [1.29, 1.82) is 0 Å². The van der Waals surface area contributed by atoms with Crippen LogP contribution >= 0.6 is 0 Å². The predicted molar refractivity (Wildman–Crippen MR) is 74.9 cm³/mol. The number of carbonyl (C=O) groups is 1. The Morgan fingerprint density at radius 2 is 1.95 bits per heavy atom. The van der Waals surface area contributed by atoms with Gasteiger partial charge >= 0.3 is 5.97 Å². The number of nitrogen functional groups attached to an aromatic ring is 1. The van der Waals surface area contributed by atoms with E-state index in [2.05, 4.69) is 4.98 Å². The third-order valence-corrected chi connectivity index (χ3v) is 2.86. The molecule has 0 aliphatic carbocycles. The zero-order chi connectivity index (χ0) is 14.0. The van der Waals surface area contributed by atoms with E-state index in [1.807, 2.05) is 31.2 Å². The average molecular weight is 257 g/mol. The van der Waals surface area contributed by atoms with Gasteiger partial charge in [-0.25, -0.2) is 9.78 Å². The lowest BCUT2D eigenvalue weighted by atomic mass is 10.2. The van der Waals surface area contributed by atoms with Crippen molar-refractivity contribution in [3.63, 3.8) is 0 Å². The van der Waals surface area contributed by atoms with Crippen LogP contribution in [0.1, 0.15) is 15.9 Å². The lowest BCUT2D eigenvalue weighted by Crippen LogP contribution is -2.16. The van der Waals surface area contributed by atoms with E-state index in [9.17, 15) is 9.90 Å². The maximum Gasteiger partial charge on any atom is 0.339 e. The molecule has 0 saturated carbocycles. The number of rotatable bonds is 3. The summed E-state index contributed by atoms with van der Waals surface area (Å²) in [5, 5.41) is 9.21. The monoisotopic (exact) mass is 257 g/mol. The minimum Gasteiger partial charge on any atom is -0.478 e. The molecular weight excluding hydrogens is 242 g/mol. The third kappa shape index (κ3) is 2.65. The van der Waals surface area contributed by atoms with Crippen LogP contribution in [0.4, 0.5) is 17.2 Å². The Morgan fingerprint density at radius 1 is 1.32 bits per heavy atom. The molecule has 5 nitrogen and oxygen atoms in total. The molecule has 5 heteroatoms. The van der Waals surface area contributed by atoms with Crippen molar-refractivity contribution in [3.05, 3.63) is 47.7 Å². The Balaban J connectivity index is 2.46. The summed E-state index contributed by atoms with van der Waals surface area (Å²) in [6.07, 6.45) is 1.45. The molecule has 0 radical (unpaired) electrons. The smallest absolute Gasteiger partial charge is 0.339 e. The second-order valence-corrected chi connectivity index (χ2v) is 4.34. The van der Waals surface area contributed by atoms with Crippen molar-refractivity contribution < 1.29 is 9.90 Å². The summed E-state index contributed by atoms with van der Waals surface area (Å²) in [7, 11) is 1.77. The summed E-state index contributed by atoms with van der Waals surface area (Å²) in [5.74, 6) is -0.681. The standard InChI is InChI=1S/C14H15N3O2/c1-9-3-5-11(6-4-9)17(2)13-12(14(18)19)7-10(15)8-16-13/h3-8H,15H2,1-2H3,(H,18,19). The van der Waals surface area contributed by atoms with E-state index >= 15 is 0 Å². The molecule has 2 rings (SSSR count). The Morgan fingerprint density at radius 3 is 2.53 bits per heavy atom. The van der Waals surface area contributed by atoms with Gasteiger partial charge in [0.2, 0.25) is 0 Å². The molecule has 1 aromatic carbocycles. The fraction of sp³-hybridized carbons (Fsp3) is 0.143. The molecule has 0 amide bonds. The summed E-state index contributed by atoms with van der Waals surface area (Å²) in [6.45, 7) is 1.99. The van der Waals surface area contributed by atoms with Gasteiger partial charge in [-0.05, 0) is 25.1 Å². The van der Waals surface area contributed by atoms with Crippen LogP contribution in [-0.2, 0) is 0 Å². The fourth-order valence-electron chi connectivity index (χ4n) is 1.79. The third-order valence-electron chi connectivity index (χ3n) is 2.86. The summed E-state index contributed by atoms with van der Waals surface area (Å²) < 4.78 is 0. The molecular formula is C14H15N3O2. The van der Waals surface area contributed by atoms with Gasteiger partial charge in [0.1, 0.15) is 11.4 Å². The highest BCUT2D eigenvalue weighted by Gasteiger charge is 2.16. The van der Waals surface area contributed by atoms with Gasteiger partial charge in [-0.1, -0.05) is 17.7 Å². The van der Waals surface area contributed by atoms with Gasteiger partial charge in [0.25, 0.3) is 0 Å². The average Bonchev–Trinajstić information content (AvgIpc) is 2.38. The van der Waals surface area contributed by atoms with E-state index in [1.54, 1.807) is 11.9 Å². The van der Waals surface area contributed by atoms with E-state index in [0.29, 0.717) is 11.5 Å². The van der Waals surface area contributed by atoms with Crippen molar-refractivity contribution in [2.24, 2.45) is 0 Å². The zero-order valence-corrected chi connectivity index (χ0v) is 10.8. The number of anilines is 3. The van der Waals surface area contributed by atoms with E-state index in [1.165, 1.54) is 12.3 Å². The number of aromatic carboxylic acids is 1. The van der Waals surface area contributed by atoms with Crippen LogP contribution < -0.4 is 10.6 Å². The summed E-state index contributed by atoms with van der Waals surface area (Å²) in [5.41, 5.74) is 8.00. The van der Waals surface area contributed by atoms with E-state index in [4.69, 9.17) is 5.73 Å². The molecule has 0 aliphatic heterocycles. The molecule has 0 aliphatic rings. The Bertz CT molecular complexity index is 609. The van der Waals surface area contributed by atoms with Crippen LogP contribution in [0.5, 0.6) is 0 Å². The Kier molecular flexibility index (Phi) is 3.37. The maximum absolute atomic E-state index is 11.2. The number of hydrogen-bond donors (Lipinski definition) is 2. The number of nitrogens with two attached hydrogens (primary N) is 1. The summed E-state index contributed by atoms with van der Waals surface area (Å²) >= 11 is 0. The van der Waals surface area contributed by atoms with Crippen molar-refractivity contribution in [1.82, 2.24) is 4.98 Å². The molecule has 1 heterocycles. The van der Waals surface area contributed by atoms with Gasteiger partial charge < -0.3 is 15.7 Å². The van der Waals surface area contributed by atoms with Crippen molar-refractivity contribution in [2.45, 2.75) is 6.92 Å². The highest BCUT2D eigenvalue weighted by atomic mass is 16.4. The molecule has 0 saturated heterocycles. The van der Waals surface area contributed by atoms with E-state index in [0.717, 1.165) is 11.3 Å². The summed E-state index contributed by atoms with van der Waals surface area (Å²) in [4.78, 5) is 17.1. The van der Waals surface area contributed by atoms with Gasteiger partial charge in [0.15, 0.2) is 0 Å². The number of carboxylic acid groups (broad SMARTS) is 1. The van der Waals surface area contributed by atoms with Gasteiger partial charge in [-0.2, -0.15) is 0 Å². The number of aromatic nitrogens is 1. The molecule has 0 fully saturated rings. The number of pyridine rings is 1. The maximum atomic E-state index is 11.2. The van der Waals surface area contributed by atoms with Crippen LogP contribution in [0.25, 0.3) is 0 Å². The first-order valence-electron chi connectivity index (χ1n) is 5.78. The number of hydrogen-bond acceptors (Lipinski definition) is 4. The Labute approximate surface area is 111 Å². The molecule has 1 aromatic heterocycles. The molecule has 3 N–H and O–H groups in total. The minimum atomic E-state index is -1.05. The topological polar surface area (TPSA) is 79.5 Å². The van der Waals surface area contributed by atoms with Crippen LogP contribution in [-0.4, -0.2) is 23.1 Å². The molecule has 0 unspecified atom stereocenters. The van der Waals surface area contributed by atoms with E-state index < -0.39 is 5.97 Å². The van der Waals surface area contributed by atoms with Crippen molar-refractivity contribution in [3.8, 4) is 0 Å². The van der Waals surface area contributed by atoms with Crippen LogP contribution in [0.15, 0.2) is 36.5 Å². The first kappa shape index (κ1) is 12.9. The van der Waals surface area contributed by atoms with Gasteiger partial charge in [0, 0.05) is 12.7 Å². The predicted octanol–water partition coefficient (Wildman–Crippen LogP) is 2.44. The number of carboxylic acids is 1. The lowest BCUT2D eigenvalue weighted by Gasteiger charge is -2.20. The molecule has 2 aromatic rings. The molecule has 0 bridgehead atoms. The van der Waals surface area contributed by atoms with Crippen molar-refractivity contribution >= 4 is 23.2 Å². The number of nitrogens with zero attached hydrogens (tertiary/aromatic N) is 2. The zero-order valence-electron chi connectivity index (χ0n) is 10.8. The van der Waals surface area contributed by atoms with Gasteiger partial charge in [-0.3, -0.25) is 0 Å². The second-order valence-electron chi connectivity index (χ2n) is 4.34. The van der Waals surface area contributed by atoms with Crippen LogP contribution in [0.2, 0.25) is 0 Å². The molecule has 19 heavy (non-hydrogen) atoms. The number of aryl methyl sites for hydroxylation is 1. The largest absolute Gasteiger partial charge is 0.478 e. The first-order valence-corrected chi connectivity index (χ1v) is 5.78. The fourth-order valence-corrected chi connectivity index (χ4v) is 1.79. The second kappa shape index (κ2) is 4.97. The lowest BCUT2D eigenvalue weighted by molar-refractivity contribution is 0.0697. The minimum absolute atomic E-state index is 0.0862. The van der Waals surface area contributed by atoms with E-state index in [-0.39, 0.29) is 5.56 Å². The SMILES string of the molecule is Cc1ccc(N(C)c2ncc(N)cc2C(=O)O)cc1. The normalized spacial score (nSPS) is 10.2. The Hall–Kier alpha value is -2.56. The van der Waals surface area contributed by atoms with Crippen LogP contribution in [0, 0.1) is 6.92 Å². The number of benzene rings is 1.